The molecule has 0 aromatic rings. The summed E-state index contributed by atoms with van der Waals surface area (Å²) in [4.78, 5) is 12.5. The van der Waals surface area contributed by atoms with Crippen molar-refractivity contribution < 1.29 is 9.53 Å². The molecule has 0 bridgehead atoms. The van der Waals surface area contributed by atoms with E-state index in [-0.39, 0.29) is 11.6 Å². The Morgan fingerprint density at radius 2 is 2.15 bits per heavy atom. The van der Waals surface area contributed by atoms with Gasteiger partial charge in [0, 0.05) is 19.0 Å². The molecule has 0 aromatic heterocycles. The van der Waals surface area contributed by atoms with Gasteiger partial charge in [-0.2, -0.15) is 0 Å². The van der Waals surface area contributed by atoms with Crippen LogP contribution in [0.15, 0.2) is 0 Å². The average molecular weight is 185 g/mol. The molecule has 0 N–H and O–H groups in total. The zero-order valence-electron chi connectivity index (χ0n) is 8.91. The molecule has 0 amide bonds. The van der Waals surface area contributed by atoms with Gasteiger partial charge in [-0.25, -0.2) is 0 Å². The number of nitrogens with zero attached hydrogens (tertiary/aromatic N) is 1. The number of ether oxygens (including phenoxy) is 1. The van der Waals surface area contributed by atoms with Gasteiger partial charge in [-0.1, -0.05) is 13.8 Å². The second-order valence-corrected chi connectivity index (χ2v) is 4.82. The summed E-state index contributed by atoms with van der Waals surface area (Å²) in [6, 6.07) is 0.437. The van der Waals surface area contributed by atoms with Crippen molar-refractivity contribution in [3.05, 3.63) is 0 Å². The zero-order valence-corrected chi connectivity index (χ0v) is 8.91. The molecule has 1 heterocycles. The fourth-order valence-electron chi connectivity index (χ4n) is 1.96. The highest BCUT2D eigenvalue weighted by Crippen LogP contribution is 2.35. The molecule has 3 heteroatoms. The number of hydrogen-bond acceptors (Lipinski definition) is 3. The number of hydrogen-bond donors (Lipinski definition) is 0. The molecule has 0 radical (unpaired) electrons. The SMILES string of the molecule is CC(C)N1CC(C)(C)CC1OC=O. The van der Waals surface area contributed by atoms with Gasteiger partial charge in [0.25, 0.3) is 6.47 Å². The first-order chi connectivity index (χ1) is 5.96. The summed E-state index contributed by atoms with van der Waals surface area (Å²) in [5, 5.41) is 0. The van der Waals surface area contributed by atoms with Crippen molar-refractivity contribution in [1.82, 2.24) is 4.90 Å². The van der Waals surface area contributed by atoms with Crippen molar-refractivity contribution in [2.75, 3.05) is 6.54 Å². The van der Waals surface area contributed by atoms with E-state index in [1.165, 1.54) is 0 Å². The minimum absolute atomic E-state index is 0.0208. The van der Waals surface area contributed by atoms with Crippen LogP contribution < -0.4 is 0 Å². The smallest absolute Gasteiger partial charge is 0.294 e. The van der Waals surface area contributed by atoms with E-state index in [1.54, 1.807) is 0 Å². The Labute approximate surface area is 80.1 Å². The summed E-state index contributed by atoms with van der Waals surface area (Å²) in [6.07, 6.45) is 0.914. The van der Waals surface area contributed by atoms with Crippen molar-refractivity contribution in [2.24, 2.45) is 5.41 Å². The second-order valence-electron chi connectivity index (χ2n) is 4.82. The molecular weight excluding hydrogens is 166 g/mol. The quantitative estimate of drug-likeness (QED) is 0.626. The van der Waals surface area contributed by atoms with Crippen molar-refractivity contribution in [2.45, 2.75) is 46.4 Å². The Balaban J connectivity index is 2.65. The van der Waals surface area contributed by atoms with Crippen LogP contribution in [0.25, 0.3) is 0 Å². The van der Waals surface area contributed by atoms with E-state index in [0.717, 1.165) is 13.0 Å². The van der Waals surface area contributed by atoms with Gasteiger partial charge in [0.2, 0.25) is 0 Å². The molecule has 3 nitrogen and oxygen atoms in total. The maximum Gasteiger partial charge on any atom is 0.294 e. The molecule has 0 spiro atoms. The molecule has 1 aliphatic heterocycles. The molecule has 1 rings (SSSR count). The summed E-state index contributed by atoms with van der Waals surface area (Å²) >= 11 is 0. The highest BCUT2D eigenvalue weighted by Gasteiger charge is 2.39. The number of carbonyl (C=O) groups is 1. The van der Waals surface area contributed by atoms with E-state index < -0.39 is 0 Å². The van der Waals surface area contributed by atoms with Crippen LogP contribution in [0.4, 0.5) is 0 Å². The van der Waals surface area contributed by atoms with Crippen molar-refractivity contribution >= 4 is 6.47 Å². The monoisotopic (exact) mass is 185 g/mol. The maximum absolute atomic E-state index is 10.3. The van der Waals surface area contributed by atoms with Crippen LogP contribution in [0.5, 0.6) is 0 Å². The van der Waals surface area contributed by atoms with Crippen LogP contribution in [0.3, 0.4) is 0 Å². The first kappa shape index (κ1) is 10.5. The van der Waals surface area contributed by atoms with E-state index >= 15 is 0 Å². The standard InChI is InChI=1S/C10H19NO2/c1-8(2)11-6-10(3,4)5-9(11)13-7-12/h7-9H,5-6H2,1-4H3. The third kappa shape index (κ3) is 2.44. The number of rotatable bonds is 3. The van der Waals surface area contributed by atoms with Crippen LogP contribution in [-0.4, -0.2) is 30.2 Å². The Bertz CT molecular complexity index is 189. The van der Waals surface area contributed by atoms with Gasteiger partial charge in [0.05, 0.1) is 0 Å². The van der Waals surface area contributed by atoms with Crippen molar-refractivity contribution in [3.63, 3.8) is 0 Å². The molecule has 1 unspecified atom stereocenters. The van der Waals surface area contributed by atoms with Gasteiger partial charge in [-0.3, -0.25) is 9.69 Å². The molecule has 1 fully saturated rings. The maximum atomic E-state index is 10.3. The zero-order chi connectivity index (χ0) is 10.1. The minimum atomic E-state index is -0.0208. The largest absolute Gasteiger partial charge is 0.449 e. The fourth-order valence-corrected chi connectivity index (χ4v) is 1.96. The lowest BCUT2D eigenvalue weighted by atomic mass is 9.93. The summed E-state index contributed by atoms with van der Waals surface area (Å²) in [7, 11) is 0. The van der Waals surface area contributed by atoms with Crippen LogP contribution in [-0.2, 0) is 9.53 Å². The molecule has 13 heavy (non-hydrogen) atoms. The molecule has 76 valence electrons. The predicted molar refractivity (Wildman–Crippen MR) is 51.2 cm³/mol. The molecule has 0 saturated carbocycles. The Morgan fingerprint density at radius 1 is 1.54 bits per heavy atom. The van der Waals surface area contributed by atoms with Crippen molar-refractivity contribution in [3.8, 4) is 0 Å². The summed E-state index contributed by atoms with van der Waals surface area (Å²) in [6.45, 7) is 10.2. The van der Waals surface area contributed by atoms with Crippen molar-refractivity contribution in [1.29, 1.82) is 0 Å². The lowest BCUT2D eigenvalue weighted by molar-refractivity contribution is -0.141. The normalized spacial score (nSPS) is 27.9. The lowest BCUT2D eigenvalue weighted by Crippen LogP contribution is -2.37. The molecule has 1 saturated heterocycles. The second kappa shape index (κ2) is 3.66. The van der Waals surface area contributed by atoms with E-state index in [1.807, 2.05) is 0 Å². The molecular formula is C10H19NO2. The minimum Gasteiger partial charge on any atom is -0.449 e. The van der Waals surface area contributed by atoms with Gasteiger partial charge in [-0.05, 0) is 19.3 Å². The number of likely N-dealkylation sites (tertiary alicyclic amines) is 1. The van der Waals surface area contributed by atoms with Crippen LogP contribution in [0, 0.1) is 5.41 Å². The summed E-state index contributed by atoms with van der Waals surface area (Å²) in [5.74, 6) is 0. The van der Waals surface area contributed by atoms with Gasteiger partial charge in [0.15, 0.2) is 6.23 Å². The lowest BCUT2D eigenvalue weighted by Gasteiger charge is -2.26. The Hall–Kier alpha value is -0.570. The topological polar surface area (TPSA) is 29.5 Å². The van der Waals surface area contributed by atoms with Gasteiger partial charge in [-0.15, -0.1) is 0 Å². The first-order valence-corrected chi connectivity index (χ1v) is 4.81. The third-order valence-corrected chi connectivity index (χ3v) is 2.58. The Kier molecular flexibility index (Phi) is 2.96. The van der Waals surface area contributed by atoms with E-state index in [0.29, 0.717) is 12.5 Å². The number of carbonyl (C=O) groups excluding carboxylic acids is 1. The summed E-state index contributed by atoms with van der Waals surface area (Å²) < 4.78 is 5.06. The van der Waals surface area contributed by atoms with Crippen LogP contribution in [0.1, 0.15) is 34.1 Å². The highest BCUT2D eigenvalue weighted by molar-refractivity contribution is 5.37. The van der Waals surface area contributed by atoms with Gasteiger partial charge < -0.3 is 4.74 Å². The molecule has 0 aromatic carbocycles. The molecule has 1 atom stereocenters. The van der Waals surface area contributed by atoms with Crippen LogP contribution >= 0.6 is 0 Å². The molecule has 1 aliphatic rings. The van der Waals surface area contributed by atoms with Gasteiger partial charge in [0.1, 0.15) is 0 Å². The first-order valence-electron chi connectivity index (χ1n) is 4.81. The summed E-state index contributed by atoms with van der Waals surface area (Å²) in [5.41, 5.74) is 0.262. The van der Waals surface area contributed by atoms with E-state index in [2.05, 4.69) is 32.6 Å². The third-order valence-electron chi connectivity index (χ3n) is 2.58. The average Bonchev–Trinajstić information content (AvgIpc) is 2.26. The fraction of sp³-hybridized carbons (Fsp3) is 0.900. The predicted octanol–water partition coefficient (Wildman–Crippen LogP) is 1.63. The van der Waals surface area contributed by atoms with Crippen LogP contribution in [0.2, 0.25) is 0 Å². The van der Waals surface area contributed by atoms with E-state index in [4.69, 9.17) is 4.74 Å². The van der Waals surface area contributed by atoms with Gasteiger partial charge >= 0.3 is 0 Å². The van der Waals surface area contributed by atoms with E-state index in [9.17, 15) is 4.79 Å². The Morgan fingerprint density at radius 3 is 2.62 bits per heavy atom. The molecule has 0 aliphatic carbocycles. The highest BCUT2D eigenvalue weighted by atomic mass is 16.5.